The second-order valence-corrected chi connectivity index (χ2v) is 6.30. The van der Waals surface area contributed by atoms with Crippen LogP contribution in [-0.4, -0.2) is 24.4 Å². The van der Waals surface area contributed by atoms with Crippen molar-refractivity contribution in [2.75, 3.05) is 14.2 Å². The number of nitrogens with zero attached hydrogens (tertiary/aromatic N) is 2. The molecule has 25 heavy (non-hydrogen) atoms. The molecule has 1 aromatic heterocycles. The summed E-state index contributed by atoms with van der Waals surface area (Å²) in [6.45, 7) is 0. The Balaban J connectivity index is 1.74. The van der Waals surface area contributed by atoms with E-state index >= 15 is 0 Å². The van der Waals surface area contributed by atoms with Crippen LogP contribution in [0.2, 0.25) is 5.02 Å². The lowest BCUT2D eigenvalue weighted by molar-refractivity contribution is 0.355. The molecule has 1 heterocycles. The van der Waals surface area contributed by atoms with Gasteiger partial charge in [0.15, 0.2) is 11.5 Å². The number of methoxy groups -OCH3 is 2. The van der Waals surface area contributed by atoms with E-state index in [0.29, 0.717) is 33.4 Å². The maximum atomic E-state index is 13.1. The van der Waals surface area contributed by atoms with E-state index < -0.39 is 0 Å². The molecule has 130 valence electrons. The van der Waals surface area contributed by atoms with Crippen molar-refractivity contribution in [3.63, 3.8) is 0 Å². The Morgan fingerprint density at radius 3 is 2.60 bits per heavy atom. The third-order valence-corrected chi connectivity index (χ3v) is 4.62. The first-order chi connectivity index (χ1) is 12.1. The van der Waals surface area contributed by atoms with Gasteiger partial charge in [-0.1, -0.05) is 29.4 Å². The molecule has 0 N–H and O–H groups in total. The summed E-state index contributed by atoms with van der Waals surface area (Å²) in [4.78, 5) is 0. The number of hydrogen-bond donors (Lipinski definition) is 0. The van der Waals surface area contributed by atoms with E-state index in [1.165, 1.54) is 23.9 Å². The summed E-state index contributed by atoms with van der Waals surface area (Å²) in [5, 5.41) is 8.81. The zero-order valence-corrected chi connectivity index (χ0v) is 15.0. The van der Waals surface area contributed by atoms with Gasteiger partial charge in [0.25, 0.3) is 5.22 Å². The van der Waals surface area contributed by atoms with Gasteiger partial charge in [0, 0.05) is 16.3 Å². The van der Waals surface area contributed by atoms with E-state index in [1.54, 1.807) is 38.5 Å². The van der Waals surface area contributed by atoms with Crippen molar-refractivity contribution in [3.8, 4) is 23.0 Å². The van der Waals surface area contributed by atoms with Gasteiger partial charge in [-0.25, -0.2) is 4.39 Å². The van der Waals surface area contributed by atoms with Gasteiger partial charge in [-0.2, -0.15) is 0 Å². The Bertz CT molecular complexity index is 888. The van der Waals surface area contributed by atoms with Crippen molar-refractivity contribution < 1.29 is 18.3 Å². The van der Waals surface area contributed by atoms with E-state index in [-0.39, 0.29) is 5.82 Å². The second-order valence-electron chi connectivity index (χ2n) is 4.97. The van der Waals surface area contributed by atoms with Gasteiger partial charge in [0.1, 0.15) is 5.82 Å². The molecule has 0 spiro atoms. The largest absolute Gasteiger partial charge is 0.493 e. The van der Waals surface area contributed by atoms with Crippen LogP contribution < -0.4 is 9.47 Å². The van der Waals surface area contributed by atoms with Gasteiger partial charge in [-0.05, 0) is 35.9 Å². The molecule has 0 atom stereocenters. The molecular weight excluding hydrogens is 367 g/mol. The Morgan fingerprint density at radius 2 is 1.88 bits per heavy atom. The number of benzene rings is 2. The second kappa shape index (κ2) is 7.76. The molecule has 0 aliphatic carbocycles. The van der Waals surface area contributed by atoms with Gasteiger partial charge in [0.05, 0.1) is 14.2 Å². The van der Waals surface area contributed by atoms with Crippen molar-refractivity contribution in [3.05, 3.63) is 52.8 Å². The predicted octanol–water partition coefficient (Wildman–Crippen LogP) is 4.84. The van der Waals surface area contributed by atoms with Crippen molar-refractivity contribution in [2.45, 2.75) is 11.0 Å². The van der Waals surface area contributed by atoms with Crippen LogP contribution in [0.5, 0.6) is 11.5 Å². The number of aromatic nitrogens is 2. The predicted molar refractivity (Wildman–Crippen MR) is 93.8 cm³/mol. The molecule has 0 bridgehead atoms. The molecule has 0 radical (unpaired) electrons. The first-order valence-corrected chi connectivity index (χ1v) is 8.59. The Hall–Kier alpha value is -2.25. The van der Waals surface area contributed by atoms with Gasteiger partial charge >= 0.3 is 0 Å². The topological polar surface area (TPSA) is 57.4 Å². The third kappa shape index (κ3) is 4.05. The lowest BCUT2D eigenvalue weighted by Gasteiger charge is -2.07. The van der Waals surface area contributed by atoms with Crippen LogP contribution in [0.25, 0.3) is 11.5 Å². The smallest absolute Gasteiger partial charge is 0.277 e. The van der Waals surface area contributed by atoms with Crippen LogP contribution in [0.15, 0.2) is 46.0 Å². The monoisotopic (exact) mass is 380 g/mol. The summed E-state index contributed by atoms with van der Waals surface area (Å²) in [5.41, 5.74) is 1.51. The van der Waals surface area contributed by atoms with Crippen LogP contribution in [0.3, 0.4) is 0 Å². The van der Waals surface area contributed by atoms with Crippen molar-refractivity contribution in [1.29, 1.82) is 0 Å². The van der Waals surface area contributed by atoms with Crippen LogP contribution in [0, 0.1) is 5.82 Å². The fourth-order valence-corrected chi connectivity index (χ4v) is 3.21. The molecular formula is C17H14ClFN2O3S. The summed E-state index contributed by atoms with van der Waals surface area (Å²) in [6.07, 6.45) is 0. The summed E-state index contributed by atoms with van der Waals surface area (Å²) in [5.74, 6) is 1.69. The van der Waals surface area contributed by atoms with Gasteiger partial charge < -0.3 is 13.9 Å². The van der Waals surface area contributed by atoms with Crippen LogP contribution in [-0.2, 0) is 5.75 Å². The van der Waals surface area contributed by atoms with E-state index in [0.717, 1.165) is 11.1 Å². The van der Waals surface area contributed by atoms with E-state index in [9.17, 15) is 4.39 Å². The quantitative estimate of drug-likeness (QED) is 0.570. The highest BCUT2D eigenvalue weighted by molar-refractivity contribution is 7.98. The number of rotatable bonds is 6. The molecule has 8 heteroatoms. The van der Waals surface area contributed by atoms with Gasteiger partial charge in [-0.15, -0.1) is 10.2 Å². The molecule has 2 aromatic carbocycles. The van der Waals surface area contributed by atoms with E-state index in [4.69, 9.17) is 25.5 Å². The molecule has 3 rings (SSSR count). The minimum Gasteiger partial charge on any atom is -0.493 e. The number of thioether (sulfide) groups is 1. The van der Waals surface area contributed by atoms with Crippen molar-refractivity contribution >= 4 is 23.4 Å². The van der Waals surface area contributed by atoms with Gasteiger partial charge in [-0.3, -0.25) is 0 Å². The average Bonchev–Trinajstić information content (AvgIpc) is 3.09. The molecule has 0 saturated carbocycles. The number of ether oxygens (including phenoxy) is 2. The maximum absolute atomic E-state index is 13.1. The van der Waals surface area contributed by atoms with Gasteiger partial charge in [0.2, 0.25) is 5.89 Å². The molecule has 0 aliphatic heterocycles. The summed E-state index contributed by atoms with van der Waals surface area (Å²) >= 11 is 7.34. The molecule has 0 fully saturated rings. The normalized spacial score (nSPS) is 10.7. The highest BCUT2D eigenvalue weighted by atomic mass is 35.5. The lowest BCUT2D eigenvalue weighted by Crippen LogP contribution is -1.90. The highest BCUT2D eigenvalue weighted by Crippen LogP contribution is 2.33. The fourth-order valence-electron chi connectivity index (χ4n) is 2.13. The summed E-state index contributed by atoms with van der Waals surface area (Å²) in [7, 11) is 3.13. The summed E-state index contributed by atoms with van der Waals surface area (Å²) < 4.78 is 29.2. The molecule has 3 aromatic rings. The van der Waals surface area contributed by atoms with E-state index in [2.05, 4.69) is 10.2 Å². The highest BCUT2D eigenvalue weighted by Gasteiger charge is 2.13. The standard InChI is InChI=1S/C17H14ClFN2O3S/c1-22-14-6-4-10(7-15(14)23-2)16-20-21-17(24-16)25-9-11-3-5-12(19)8-13(11)18/h3-8H,9H2,1-2H3. The van der Waals surface area contributed by atoms with E-state index in [1.807, 2.05) is 0 Å². The molecule has 0 aliphatic rings. The maximum Gasteiger partial charge on any atom is 0.277 e. The number of hydrogen-bond acceptors (Lipinski definition) is 6. The Labute approximate surface area is 153 Å². The summed E-state index contributed by atoms with van der Waals surface area (Å²) in [6, 6.07) is 9.61. The van der Waals surface area contributed by atoms with Crippen molar-refractivity contribution in [1.82, 2.24) is 10.2 Å². The van der Waals surface area contributed by atoms with Crippen LogP contribution >= 0.6 is 23.4 Å². The molecule has 0 amide bonds. The van der Waals surface area contributed by atoms with Crippen LogP contribution in [0.4, 0.5) is 4.39 Å². The fraction of sp³-hybridized carbons (Fsp3) is 0.176. The lowest BCUT2D eigenvalue weighted by atomic mass is 10.2. The van der Waals surface area contributed by atoms with Crippen LogP contribution in [0.1, 0.15) is 5.56 Å². The molecule has 0 unspecified atom stereocenters. The Morgan fingerprint density at radius 1 is 1.08 bits per heavy atom. The molecule has 0 saturated heterocycles. The minimum atomic E-state index is -0.368. The minimum absolute atomic E-state index is 0.368. The molecule has 5 nitrogen and oxygen atoms in total. The average molecular weight is 381 g/mol. The Kier molecular flexibility index (Phi) is 5.45. The van der Waals surface area contributed by atoms with Crippen molar-refractivity contribution in [2.24, 2.45) is 0 Å². The number of halogens is 2. The zero-order valence-electron chi connectivity index (χ0n) is 13.5. The first kappa shape index (κ1) is 17.6. The zero-order chi connectivity index (χ0) is 17.8. The third-order valence-electron chi connectivity index (χ3n) is 3.40. The first-order valence-electron chi connectivity index (χ1n) is 7.23. The SMILES string of the molecule is COc1ccc(-c2nnc(SCc3ccc(F)cc3Cl)o2)cc1OC.